The molecule has 5 rings (SSSR count). The van der Waals surface area contributed by atoms with Gasteiger partial charge in [0, 0.05) is 54.8 Å². The third kappa shape index (κ3) is 8.67. The van der Waals surface area contributed by atoms with E-state index in [-0.39, 0.29) is 43.8 Å². The smallest absolute Gasteiger partial charge is 0.389 e. The summed E-state index contributed by atoms with van der Waals surface area (Å²) in [4.78, 5) is 16.8. The zero-order valence-corrected chi connectivity index (χ0v) is 31.5. The summed E-state index contributed by atoms with van der Waals surface area (Å²) in [7, 11) is 0. The molecule has 0 saturated carbocycles. The standard InChI is InChI=1S/C26H24NO.C14H23F3O2.Ir/c1-15(2)11-21-20-8-6-5-7-17(20)13-22-25-24-18(9-10-27-25)12-19(16(3)4)14-23(24)28-26(21)22;1-5-10(6-2)12(18)9(4)13(19)11(7-3)8-14(15,16)17;/h5-10,12,14-16H,11H2,1-4H3;10-11,19H,5-8H2,1-4H3;/q-1;;/b;13-9-;. The molecule has 0 amide bonds. The molecule has 4 nitrogen and oxygen atoms in total. The Hall–Kier alpha value is -3.22. The van der Waals surface area contributed by atoms with Crippen LogP contribution in [0.3, 0.4) is 0 Å². The molecule has 0 aliphatic carbocycles. The second kappa shape index (κ2) is 16.5. The molecule has 1 N–H and O–H groups in total. The number of ketones is 1. The topological polar surface area (TPSA) is 59.4 Å². The van der Waals surface area contributed by atoms with Gasteiger partial charge in [0.25, 0.3) is 0 Å². The van der Waals surface area contributed by atoms with Crippen molar-refractivity contribution in [1.82, 2.24) is 4.98 Å². The second-order valence-electron chi connectivity index (χ2n) is 13.3. The molecular weight excluding hydrogens is 792 g/mol. The van der Waals surface area contributed by atoms with Crippen LogP contribution >= 0.6 is 0 Å². The van der Waals surface area contributed by atoms with Crippen LogP contribution in [0, 0.1) is 23.8 Å². The van der Waals surface area contributed by atoms with Crippen LogP contribution in [0.15, 0.2) is 60.0 Å². The van der Waals surface area contributed by atoms with Gasteiger partial charge in [-0.15, -0.1) is 17.5 Å². The molecule has 1 radical (unpaired) electrons. The Labute approximate surface area is 296 Å². The number of carbonyl (C=O) groups excluding carboxylic acids is 1. The van der Waals surface area contributed by atoms with Crippen LogP contribution in [0.4, 0.5) is 13.2 Å². The summed E-state index contributed by atoms with van der Waals surface area (Å²) < 4.78 is 43.8. The van der Waals surface area contributed by atoms with Crippen molar-refractivity contribution in [3.05, 3.63) is 77.2 Å². The molecule has 0 fully saturated rings. The van der Waals surface area contributed by atoms with Gasteiger partial charge in [0.15, 0.2) is 5.78 Å². The van der Waals surface area contributed by atoms with Crippen LogP contribution in [0.25, 0.3) is 32.8 Å². The Morgan fingerprint density at radius 2 is 1.62 bits per heavy atom. The number of aromatic nitrogens is 1. The number of rotatable bonds is 10. The number of Topliss-reactive ketones (excluding diaryl/α,β-unsaturated/α-hetero) is 1. The number of aliphatic hydroxyl groups excluding tert-OH is 1. The van der Waals surface area contributed by atoms with E-state index in [0.717, 1.165) is 39.9 Å². The number of alkyl halides is 3. The average molecular weight is 839 g/mol. The number of halogens is 3. The SMILES string of the molecule is CC(C)Cc1c2c([c-]c3ccccc13)-c1nccc3cc(C(C)C)cc(c13)O2.CCC(CC)C(=O)/C(C)=C(\O)C(CC)CC(F)(F)F.[Ir]. The minimum Gasteiger partial charge on any atom is -0.512 e. The molecule has 1 aliphatic rings. The third-order valence-corrected chi connectivity index (χ3v) is 9.06. The number of fused-ring (bicyclic) bond motifs is 3. The normalized spacial score (nSPS) is 13.5. The van der Waals surface area contributed by atoms with E-state index in [1.165, 1.54) is 28.8 Å². The Morgan fingerprint density at radius 1 is 0.979 bits per heavy atom. The van der Waals surface area contributed by atoms with Crippen molar-refractivity contribution >= 4 is 27.3 Å². The molecule has 3 aromatic carbocycles. The number of carbonyl (C=O) groups is 1. The maximum Gasteiger partial charge on any atom is 0.389 e. The molecule has 0 spiro atoms. The summed E-state index contributed by atoms with van der Waals surface area (Å²) >= 11 is 0. The second-order valence-corrected chi connectivity index (χ2v) is 13.3. The maximum absolute atomic E-state index is 12.4. The quantitative estimate of drug-likeness (QED) is 0.0865. The fourth-order valence-electron chi connectivity index (χ4n) is 6.34. The molecule has 0 saturated heterocycles. The Balaban J connectivity index is 0.000000278. The summed E-state index contributed by atoms with van der Waals surface area (Å²) in [6.07, 6.45) is -1.17. The third-order valence-electron chi connectivity index (χ3n) is 9.06. The van der Waals surface area contributed by atoms with Crippen LogP contribution in [0.2, 0.25) is 0 Å². The molecule has 8 heteroatoms. The van der Waals surface area contributed by atoms with Gasteiger partial charge < -0.3 is 9.84 Å². The van der Waals surface area contributed by atoms with Crippen molar-refractivity contribution in [2.24, 2.45) is 17.8 Å². The first-order valence-electron chi connectivity index (χ1n) is 16.8. The van der Waals surface area contributed by atoms with Crippen LogP contribution in [-0.4, -0.2) is 22.1 Å². The number of aliphatic hydroxyl groups is 1. The zero-order chi connectivity index (χ0) is 34.6. The first kappa shape index (κ1) is 39.2. The number of pyridine rings is 1. The molecule has 2 heterocycles. The van der Waals surface area contributed by atoms with Crippen molar-refractivity contribution in [3.8, 4) is 22.8 Å². The first-order chi connectivity index (χ1) is 22.2. The van der Waals surface area contributed by atoms with E-state index < -0.39 is 24.3 Å². The molecule has 1 unspecified atom stereocenters. The summed E-state index contributed by atoms with van der Waals surface area (Å²) in [6.45, 7) is 15.6. The van der Waals surface area contributed by atoms with Gasteiger partial charge in [0.1, 0.15) is 11.5 Å². The van der Waals surface area contributed by atoms with Gasteiger partial charge in [-0.1, -0.05) is 89.2 Å². The van der Waals surface area contributed by atoms with Gasteiger partial charge in [0.05, 0.1) is 12.2 Å². The molecule has 1 atom stereocenters. The molecule has 1 aliphatic heterocycles. The van der Waals surface area contributed by atoms with Crippen LogP contribution in [0.5, 0.6) is 11.5 Å². The van der Waals surface area contributed by atoms with Gasteiger partial charge in [-0.2, -0.15) is 13.2 Å². The van der Waals surface area contributed by atoms with Crippen molar-refractivity contribution in [1.29, 1.82) is 0 Å². The van der Waals surface area contributed by atoms with Crippen LogP contribution in [0.1, 0.15) is 98.1 Å². The van der Waals surface area contributed by atoms with Crippen molar-refractivity contribution < 1.29 is 47.9 Å². The number of ether oxygens (including phenoxy) is 1. The predicted molar refractivity (Wildman–Crippen MR) is 185 cm³/mol. The number of hydrogen-bond donors (Lipinski definition) is 1. The fraction of sp³-hybridized carbons (Fsp3) is 0.450. The maximum atomic E-state index is 12.4. The zero-order valence-electron chi connectivity index (χ0n) is 29.1. The Morgan fingerprint density at radius 3 is 2.21 bits per heavy atom. The van der Waals surface area contributed by atoms with E-state index in [2.05, 4.69) is 76.2 Å². The molecule has 1 aromatic heterocycles. The number of nitrogens with zero attached hydrogens (tertiary/aromatic N) is 1. The molecule has 0 bridgehead atoms. The number of allylic oxidation sites excluding steroid dienone is 2. The van der Waals surface area contributed by atoms with Crippen molar-refractivity contribution in [2.45, 2.75) is 99.6 Å². The molecular formula is C40H47F3IrNO3-. The molecule has 48 heavy (non-hydrogen) atoms. The minimum atomic E-state index is -4.34. The van der Waals surface area contributed by atoms with E-state index >= 15 is 0 Å². The van der Waals surface area contributed by atoms with Crippen molar-refractivity contribution in [3.63, 3.8) is 0 Å². The summed E-state index contributed by atoms with van der Waals surface area (Å²) in [5.41, 5.74) is 4.60. The molecule has 4 aromatic rings. The van der Waals surface area contributed by atoms with Gasteiger partial charge in [-0.05, 0) is 67.5 Å². The predicted octanol–water partition coefficient (Wildman–Crippen LogP) is 12.1. The summed E-state index contributed by atoms with van der Waals surface area (Å²) in [5, 5.41) is 14.5. The van der Waals surface area contributed by atoms with Gasteiger partial charge in [-0.25, -0.2) is 0 Å². The van der Waals surface area contributed by atoms with Gasteiger partial charge >= 0.3 is 6.18 Å². The largest absolute Gasteiger partial charge is 0.512 e. The van der Waals surface area contributed by atoms with Crippen molar-refractivity contribution in [2.75, 3.05) is 0 Å². The monoisotopic (exact) mass is 839 g/mol. The average Bonchev–Trinajstić information content (AvgIpc) is 3.03. The Kier molecular flexibility index (Phi) is 13.4. The summed E-state index contributed by atoms with van der Waals surface area (Å²) in [6, 6.07) is 18.6. The first-order valence-corrected chi connectivity index (χ1v) is 16.8. The summed E-state index contributed by atoms with van der Waals surface area (Å²) in [5.74, 6) is 0.918. The minimum absolute atomic E-state index is 0. The number of benzene rings is 3. The van der Waals surface area contributed by atoms with Gasteiger partial charge in [0.2, 0.25) is 0 Å². The van der Waals surface area contributed by atoms with Crippen LogP contribution < -0.4 is 4.74 Å². The molecule has 261 valence electrons. The van der Waals surface area contributed by atoms with Gasteiger partial charge in [-0.3, -0.25) is 9.78 Å². The Bertz CT molecular complexity index is 1770. The van der Waals surface area contributed by atoms with E-state index in [1.54, 1.807) is 6.92 Å². The van der Waals surface area contributed by atoms with E-state index in [9.17, 15) is 23.1 Å². The van der Waals surface area contributed by atoms with E-state index in [0.29, 0.717) is 24.7 Å². The van der Waals surface area contributed by atoms with E-state index in [4.69, 9.17) is 9.72 Å². The van der Waals surface area contributed by atoms with E-state index in [1.807, 2.05) is 20.0 Å². The number of hydrogen-bond acceptors (Lipinski definition) is 4. The van der Waals surface area contributed by atoms with Crippen LogP contribution in [-0.2, 0) is 31.3 Å². The fourth-order valence-corrected chi connectivity index (χ4v) is 6.34.